The first-order chi connectivity index (χ1) is 62.2. The summed E-state index contributed by atoms with van der Waals surface area (Å²) >= 11 is 0. The number of aromatic amines is 2. The van der Waals surface area contributed by atoms with Crippen LogP contribution >= 0.6 is 12.4 Å². The van der Waals surface area contributed by atoms with Crippen molar-refractivity contribution in [1.29, 1.82) is 0 Å². The Bertz CT molecular complexity index is 5520. The molecule has 0 bridgehead atoms. The number of imidazole rings is 2. The molecule has 23 nitrogen and oxygen atoms in total. The highest BCUT2D eigenvalue weighted by atomic mass is 35.5. The van der Waals surface area contributed by atoms with E-state index in [2.05, 4.69) is 258 Å². The zero-order chi connectivity index (χ0) is 94.5. The molecule has 6 aromatic rings. The number of nitrogens with one attached hydrogen (secondary N) is 8. The zero-order valence-electron chi connectivity index (χ0n) is 81.6. The summed E-state index contributed by atoms with van der Waals surface area (Å²) in [5.74, 6) is 3.22. The van der Waals surface area contributed by atoms with Gasteiger partial charge in [0.2, 0.25) is 17.5 Å². The van der Waals surface area contributed by atoms with E-state index in [0.29, 0.717) is 83.2 Å². The molecule has 14 rings (SSSR count). The van der Waals surface area contributed by atoms with Crippen LogP contribution in [0.25, 0.3) is 32.0 Å². The molecule has 704 valence electrons. The molecule has 4 aliphatic heterocycles. The van der Waals surface area contributed by atoms with Gasteiger partial charge in [-0.1, -0.05) is 154 Å². The highest BCUT2D eigenvalue weighted by Crippen LogP contribution is 2.45. The van der Waals surface area contributed by atoms with Crippen molar-refractivity contribution >= 4 is 86.8 Å². The Morgan fingerprint density at radius 1 is 0.545 bits per heavy atom. The summed E-state index contributed by atoms with van der Waals surface area (Å²) in [5.41, 5.74) is 20.4. The van der Waals surface area contributed by atoms with Crippen LogP contribution in [0.15, 0.2) is 137 Å². The molecule has 0 spiro atoms. The average Bonchev–Trinajstić information content (AvgIpc) is 1.18. The number of halogens is 1. The second kappa shape index (κ2) is 46.3. The number of H-pyrrole nitrogens is 2. The number of hydrogen-bond acceptors (Lipinski definition) is 16. The number of aliphatic imine (C=N–C) groups is 2. The summed E-state index contributed by atoms with van der Waals surface area (Å²) in [6, 6.07) is 23.3. The molecule has 8 aliphatic rings. The highest BCUT2D eigenvalue weighted by Gasteiger charge is 2.34. The summed E-state index contributed by atoms with van der Waals surface area (Å²) in [4.78, 5) is 102. The average molecular weight is 1810 g/mol. The molecule has 2 fully saturated rings. The number of morpholine rings is 1. The van der Waals surface area contributed by atoms with Gasteiger partial charge in [-0.05, 0) is 278 Å². The van der Waals surface area contributed by atoms with Crippen LogP contribution in [0.1, 0.15) is 308 Å². The number of anilines is 2. The largest absolute Gasteiger partial charge is 0.379 e. The van der Waals surface area contributed by atoms with E-state index in [1.807, 2.05) is 31.2 Å². The number of ether oxygens (including phenoxy) is 1. The minimum absolute atomic E-state index is 0. The SMILES string of the molecule is C#Cc1cnc(C(=O)Cc2ccc(C(C)(C)NCCC)nc2C2=CCC(C)(C)CC2)[nH]1.Cc1cnc(C(=O)Cc2ccc(CCN3CCOCC3)cc2C2=CCC(C)(C)CC2)[nH]1.Cl.[C-]#[N+]C1=CCC(C(=O)Nc2ccc(C(C)(C)NCCN3CCCC3)cc2C2=CCC(C)(C)CC2)=N1.[C-]#[N+]C1=CCC(C(=O)Nc2ccc(C(C)(C)NCCNC(C)=O)cc2C2=CCC(C)(C)CC2)=N1. The Morgan fingerprint density at radius 2 is 1.02 bits per heavy atom. The molecule has 4 aliphatic carbocycles. The number of Topliss-reactive ketones (excluding diaryl/α,β-unsaturated/α-hetero) is 2. The number of benzene rings is 3. The number of likely N-dealkylation sites (tertiary alicyclic amines) is 1. The van der Waals surface area contributed by atoms with Crippen molar-refractivity contribution < 1.29 is 28.7 Å². The van der Waals surface area contributed by atoms with E-state index < -0.39 is 0 Å². The first kappa shape index (κ1) is 103. The number of ketones is 2. The summed E-state index contributed by atoms with van der Waals surface area (Å²) < 4.78 is 5.47. The number of terminal acetylenes is 1. The van der Waals surface area contributed by atoms with Gasteiger partial charge in [0.25, 0.3) is 23.5 Å². The van der Waals surface area contributed by atoms with Crippen molar-refractivity contribution in [2.24, 2.45) is 31.6 Å². The third-order valence-corrected chi connectivity index (χ3v) is 26.8. The zero-order valence-corrected chi connectivity index (χ0v) is 82.4. The minimum Gasteiger partial charge on any atom is -0.379 e. The lowest BCUT2D eigenvalue weighted by Gasteiger charge is -2.32. The van der Waals surface area contributed by atoms with Gasteiger partial charge in [-0.3, -0.25) is 33.9 Å². The van der Waals surface area contributed by atoms with Gasteiger partial charge in [0.05, 0.1) is 36.3 Å². The van der Waals surface area contributed by atoms with Gasteiger partial charge in [-0.2, -0.15) is 0 Å². The Labute approximate surface area is 791 Å². The number of hydrogen-bond donors (Lipinski definition) is 8. The molecular formula is C108H144ClN17O6. The predicted molar refractivity (Wildman–Crippen MR) is 539 cm³/mol. The van der Waals surface area contributed by atoms with Crippen molar-refractivity contribution in [3.8, 4) is 12.3 Å². The highest BCUT2D eigenvalue weighted by molar-refractivity contribution is 6.45. The molecule has 24 heteroatoms. The maximum atomic E-state index is 12.9. The first-order valence-corrected chi connectivity index (χ1v) is 47.5. The maximum Gasteiger partial charge on any atom is 0.293 e. The van der Waals surface area contributed by atoms with Gasteiger partial charge in [0.1, 0.15) is 5.69 Å². The van der Waals surface area contributed by atoms with Gasteiger partial charge in [-0.15, -0.1) is 28.8 Å². The number of allylic oxidation sites excluding steroid dienone is 10. The molecule has 132 heavy (non-hydrogen) atoms. The number of carbonyl (C=O) groups excluding carboxylic acids is 5. The van der Waals surface area contributed by atoms with E-state index in [-0.39, 0.29) is 76.0 Å². The molecule has 8 N–H and O–H groups in total. The number of carbonyl (C=O) groups is 5. The Morgan fingerprint density at radius 3 is 1.48 bits per heavy atom. The van der Waals surface area contributed by atoms with Crippen LogP contribution in [-0.2, 0) is 55.0 Å². The maximum absolute atomic E-state index is 12.9. The minimum atomic E-state index is -0.325. The number of rotatable bonds is 31. The molecule has 3 aromatic carbocycles. The second-order valence-electron chi connectivity index (χ2n) is 41.2. The molecule has 0 radical (unpaired) electrons. The fourth-order valence-corrected chi connectivity index (χ4v) is 17.6. The standard InChI is InChI=1S/C29H39N5O.C27H35N5O2.C26H34N4O.C26H35N3O2.ClH/c1-28(2)14-12-21(13-15-28)23-20-22(29(3,4)31-16-19-34-17-6-7-18-34)8-9-24(23)33-27(35)25-10-11-26(30-5)32-25;1-18(33)29-15-16-30-27(4,5)20-7-8-22(32-25(34)23-9-10-24(28-6)31-23)21(17-20)19-11-13-26(2,3)14-12-19;1-7-15-28-26(5,6)22-10-9-19(16-21(31)24-27-17-20(8-2)29-24)23(30-22)18-11-13-25(3,4)14-12-18;1-19-18-27-25(28-19)24(30)17-22-5-4-20(8-11-29-12-14-31-15-13-29)16-23(22)21-6-9-26(2,3)10-7-21;/h8-9,11-12,20,31H,6-7,10,13-19H2,1-4H3,(H,33,35);7-8,10-11,17,30H,9,12-16H2,1-5H3,(H,29,33)(H,32,34);2,9-11,17,28H,7,12-16H2,1,3-6H3,(H,27,29);4-6,16,18H,7-15,17H2,1-3H3,(H,27,28);1H. The third kappa shape index (κ3) is 29.7. The molecule has 0 unspecified atom stereocenters. The molecular weight excluding hydrogens is 1670 g/mol. The van der Waals surface area contributed by atoms with Crippen LogP contribution in [0.2, 0.25) is 0 Å². The number of aryl methyl sites for hydroxylation is 1. The van der Waals surface area contributed by atoms with Gasteiger partial charge in [0, 0.05) is 124 Å². The third-order valence-electron chi connectivity index (χ3n) is 26.8. The van der Waals surface area contributed by atoms with Crippen molar-refractivity contribution in [3.05, 3.63) is 229 Å². The van der Waals surface area contributed by atoms with E-state index in [4.69, 9.17) is 29.3 Å². The van der Waals surface area contributed by atoms with E-state index in [1.165, 1.54) is 84.5 Å². The van der Waals surface area contributed by atoms with E-state index in [9.17, 15) is 24.0 Å². The summed E-state index contributed by atoms with van der Waals surface area (Å²) in [6.45, 7) is 62.6. The summed E-state index contributed by atoms with van der Waals surface area (Å²) in [7, 11) is 0. The number of nitrogens with zero attached hydrogens (tertiary/aromatic N) is 9. The van der Waals surface area contributed by atoms with E-state index in [1.54, 1.807) is 18.3 Å². The van der Waals surface area contributed by atoms with Crippen LogP contribution < -0.4 is 31.9 Å². The summed E-state index contributed by atoms with van der Waals surface area (Å²) in [5, 5.41) is 19.8. The molecule has 3 aromatic heterocycles. The lowest BCUT2D eigenvalue weighted by molar-refractivity contribution is -0.119. The van der Waals surface area contributed by atoms with E-state index >= 15 is 0 Å². The van der Waals surface area contributed by atoms with Crippen LogP contribution in [0, 0.1) is 54.1 Å². The normalized spacial score (nSPS) is 18.0. The van der Waals surface area contributed by atoms with Gasteiger partial charge in [0.15, 0.2) is 23.1 Å². The topological polar surface area (TPSA) is 277 Å². The molecule has 3 amide bonds. The van der Waals surface area contributed by atoms with Crippen LogP contribution in [0.4, 0.5) is 11.4 Å². The first-order valence-electron chi connectivity index (χ1n) is 47.5. The number of amides is 3. The van der Waals surface area contributed by atoms with E-state index in [0.717, 1.165) is 192 Å². The Balaban J connectivity index is 0.000000182. The van der Waals surface area contributed by atoms with Gasteiger partial charge in [-0.25, -0.2) is 9.97 Å². The Kier molecular flexibility index (Phi) is 36.3. The number of aromatic nitrogens is 5. The van der Waals surface area contributed by atoms with Crippen LogP contribution in [0.5, 0.6) is 0 Å². The van der Waals surface area contributed by atoms with Gasteiger partial charge >= 0.3 is 0 Å². The second-order valence-corrected chi connectivity index (χ2v) is 41.2. The van der Waals surface area contributed by atoms with Crippen molar-refractivity contribution in [2.45, 2.75) is 263 Å². The quantitative estimate of drug-likeness (QED) is 0.00870. The van der Waals surface area contributed by atoms with Crippen molar-refractivity contribution in [3.63, 3.8) is 0 Å². The molecule has 0 atom stereocenters. The predicted octanol–water partition coefficient (Wildman–Crippen LogP) is 20.6. The fourth-order valence-electron chi connectivity index (χ4n) is 17.6. The Hall–Kier alpha value is -10.7. The molecule has 2 saturated heterocycles. The smallest absolute Gasteiger partial charge is 0.293 e. The lowest BCUT2D eigenvalue weighted by atomic mass is 9.76. The summed E-state index contributed by atoms with van der Waals surface area (Å²) in [6.07, 6.45) is 40.1. The number of pyridine rings is 1. The molecule has 7 heterocycles. The van der Waals surface area contributed by atoms with Gasteiger partial charge < -0.3 is 61.2 Å². The van der Waals surface area contributed by atoms with Crippen molar-refractivity contribution in [2.75, 3.05) is 89.3 Å². The van der Waals surface area contributed by atoms with Crippen LogP contribution in [-0.4, -0.2) is 154 Å². The molecule has 0 saturated carbocycles. The lowest BCUT2D eigenvalue weighted by Crippen LogP contribution is -2.41. The monoisotopic (exact) mass is 1810 g/mol. The fraction of sp³-hybridized carbons (Fsp3) is 0.519. The van der Waals surface area contributed by atoms with Crippen LogP contribution in [0.3, 0.4) is 0 Å². The van der Waals surface area contributed by atoms with Crippen molar-refractivity contribution in [1.82, 2.24) is 56.0 Å².